The van der Waals surface area contributed by atoms with Crippen molar-refractivity contribution in [1.82, 2.24) is 0 Å². The fourth-order valence-corrected chi connectivity index (χ4v) is 2.00. The van der Waals surface area contributed by atoms with E-state index in [1.807, 2.05) is 0 Å². The lowest BCUT2D eigenvalue weighted by molar-refractivity contribution is -0.147. The van der Waals surface area contributed by atoms with Crippen molar-refractivity contribution in [1.29, 1.82) is 0 Å². The van der Waals surface area contributed by atoms with Gasteiger partial charge in [-0.3, -0.25) is 4.79 Å². The SMILES string of the molecule is CC(=O)C(Br)c1c(N)cccc1C(O)C(=O)O. The van der Waals surface area contributed by atoms with Crippen LogP contribution in [0.3, 0.4) is 0 Å². The predicted octanol–water partition coefficient (Wildman–Crippen LogP) is 1.41. The maximum atomic E-state index is 11.3. The summed E-state index contributed by atoms with van der Waals surface area (Å²) < 4.78 is 0. The average molecular weight is 302 g/mol. The Morgan fingerprint density at radius 3 is 2.47 bits per heavy atom. The molecule has 0 amide bonds. The summed E-state index contributed by atoms with van der Waals surface area (Å²) >= 11 is 3.14. The highest BCUT2D eigenvalue weighted by Crippen LogP contribution is 2.34. The Morgan fingerprint density at radius 2 is 2.00 bits per heavy atom. The first-order chi connectivity index (χ1) is 7.86. The van der Waals surface area contributed by atoms with Crippen LogP contribution < -0.4 is 5.73 Å². The zero-order chi connectivity index (χ0) is 13.2. The Bertz CT molecular complexity index is 461. The second-order valence-electron chi connectivity index (χ2n) is 3.56. The van der Waals surface area contributed by atoms with Gasteiger partial charge in [-0.15, -0.1) is 0 Å². The van der Waals surface area contributed by atoms with Crippen molar-refractivity contribution >= 4 is 33.4 Å². The lowest BCUT2D eigenvalue weighted by Gasteiger charge is -2.17. The van der Waals surface area contributed by atoms with Crippen LogP contribution >= 0.6 is 15.9 Å². The Morgan fingerprint density at radius 1 is 1.41 bits per heavy atom. The van der Waals surface area contributed by atoms with E-state index in [-0.39, 0.29) is 17.0 Å². The normalized spacial score (nSPS) is 14.1. The average Bonchev–Trinajstić information content (AvgIpc) is 2.26. The first-order valence-corrected chi connectivity index (χ1v) is 5.71. The van der Waals surface area contributed by atoms with Crippen molar-refractivity contribution in [2.75, 3.05) is 5.73 Å². The lowest BCUT2D eigenvalue weighted by Crippen LogP contribution is -2.16. The van der Waals surface area contributed by atoms with Gasteiger partial charge in [-0.05, 0) is 18.6 Å². The van der Waals surface area contributed by atoms with Crippen LogP contribution in [0, 0.1) is 0 Å². The van der Waals surface area contributed by atoms with Crippen LogP contribution in [-0.4, -0.2) is 22.0 Å². The quantitative estimate of drug-likeness (QED) is 0.577. The summed E-state index contributed by atoms with van der Waals surface area (Å²) in [6.45, 7) is 1.35. The third kappa shape index (κ3) is 2.83. The molecule has 0 heterocycles. The molecule has 0 saturated carbocycles. The van der Waals surface area contributed by atoms with E-state index in [1.165, 1.54) is 19.1 Å². The zero-order valence-corrected chi connectivity index (χ0v) is 10.6. The summed E-state index contributed by atoms with van der Waals surface area (Å²) in [6.07, 6.45) is -1.70. The first-order valence-electron chi connectivity index (χ1n) is 4.80. The molecule has 92 valence electrons. The number of aliphatic carboxylic acids is 1. The van der Waals surface area contributed by atoms with Crippen molar-refractivity contribution in [3.63, 3.8) is 0 Å². The minimum Gasteiger partial charge on any atom is -0.479 e. The van der Waals surface area contributed by atoms with Gasteiger partial charge in [0.25, 0.3) is 0 Å². The number of nitrogen functional groups attached to an aromatic ring is 1. The predicted molar refractivity (Wildman–Crippen MR) is 65.8 cm³/mol. The number of benzene rings is 1. The van der Waals surface area contributed by atoms with E-state index in [0.717, 1.165) is 0 Å². The summed E-state index contributed by atoms with van der Waals surface area (Å²) in [4.78, 5) is 21.3. The molecule has 5 nitrogen and oxygen atoms in total. The Kier molecular flexibility index (Phi) is 4.25. The monoisotopic (exact) mass is 301 g/mol. The van der Waals surface area contributed by atoms with Gasteiger partial charge in [0, 0.05) is 11.3 Å². The smallest absolute Gasteiger partial charge is 0.337 e. The summed E-state index contributed by atoms with van der Waals surface area (Å²) in [5, 5.41) is 18.3. The summed E-state index contributed by atoms with van der Waals surface area (Å²) in [5.74, 6) is -1.61. The molecule has 1 aromatic rings. The van der Waals surface area contributed by atoms with Gasteiger partial charge in [-0.25, -0.2) is 4.79 Å². The van der Waals surface area contributed by atoms with Gasteiger partial charge in [-0.2, -0.15) is 0 Å². The van der Waals surface area contributed by atoms with Gasteiger partial charge in [0.2, 0.25) is 0 Å². The van der Waals surface area contributed by atoms with Crippen molar-refractivity contribution < 1.29 is 19.8 Å². The highest BCUT2D eigenvalue weighted by Gasteiger charge is 2.26. The lowest BCUT2D eigenvalue weighted by atomic mass is 9.96. The van der Waals surface area contributed by atoms with Crippen LogP contribution in [0.25, 0.3) is 0 Å². The van der Waals surface area contributed by atoms with Crippen LogP contribution in [0.4, 0.5) is 5.69 Å². The fourth-order valence-electron chi connectivity index (χ4n) is 1.47. The maximum absolute atomic E-state index is 11.3. The Labute approximate surface area is 106 Å². The molecular weight excluding hydrogens is 290 g/mol. The van der Waals surface area contributed by atoms with Gasteiger partial charge in [-0.1, -0.05) is 28.1 Å². The van der Waals surface area contributed by atoms with Gasteiger partial charge >= 0.3 is 5.97 Å². The molecule has 6 heteroatoms. The minimum absolute atomic E-state index is 0.120. The molecule has 0 aliphatic rings. The van der Waals surface area contributed by atoms with Crippen LogP contribution in [0.15, 0.2) is 18.2 Å². The van der Waals surface area contributed by atoms with E-state index in [4.69, 9.17) is 10.8 Å². The van der Waals surface area contributed by atoms with Crippen molar-refractivity contribution in [3.05, 3.63) is 29.3 Å². The number of hydrogen-bond acceptors (Lipinski definition) is 4. The molecule has 17 heavy (non-hydrogen) atoms. The summed E-state index contributed by atoms with van der Waals surface area (Å²) in [6, 6.07) is 4.51. The second kappa shape index (κ2) is 5.29. The van der Waals surface area contributed by atoms with Gasteiger partial charge in [0.05, 0.1) is 0 Å². The molecular formula is C11H12BrNO4. The molecule has 0 radical (unpaired) electrons. The second-order valence-corrected chi connectivity index (χ2v) is 4.48. The molecule has 1 aromatic carbocycles. The number of nitrogens with two attached hydrogens (primary N) is 1. The summed E-state index contributed by atoms with van der Waals surface area (Å²) in [7, 11) is 0. The molecule has 0 bridgehead atoms. The minimum atomic E-state index is -1.70. The highest BCUT2D eigenvalue weighted by molar-refractivity contribution is 9.09. The topological polar surface area (TPSA) is 101 Å². The van der Waals surface area contributed by atoms with Crippen LogP contribution in [0.2, 0.25) is 0 Å². The van der Waals surface area contributed by atoms with Crippen LogP contribution in [0.5, 0.6) is 0 Å². The van der Waals surface area contributed by atoms with E-state index in [1.54, 1.807) is 6.07 Å². The largest absolute Gasteiger partial charge is 0.479 e. The number of alkyl halides is 1. The molecule has 0 aliphatic heterocycles. The molecule has 0 saturated heterocycles. The first kappa shape index (κ1) is 13.7. The van der Waals surface area contributed by atoms with E-state index in [2.05, 4.69) is 15.9 Å². The third-order valence-corrected chi connectivity index (χ3v) is 3.42. The molecule has 1 rings (SSSR count). The number of halogens is 1. The molecule has 0 aliphatic carbocycles. The number of ketones is 1. The number of Topliss-reactive ketones (excluding diaryl/α,β-unsaturated/α-hetero) is 1. The fraction of sp³-hybridized carbons (Fsp3) is 0.273. The Balaban J connectivity index is 3.36. The number of hydrogen-bond donors (Lipinski definition) is 3. The van der Waals surface area contributed by atoms with Gasteiger partial charge < -0.3 is 15.9 Å². The molecule has 0 fully saturated rings. The van der Waals surface area contributed by atoms with Crippen molar-refractivity contribution in [2.45, 2.75) is 17.9 Å². The van der Waals surface area contributed by atoms with E-state index in [0.29, 0.717) is 5.56 Å². The molecule has 0 spiro atoms. The molecule has 0 aromatic heterocycles. The molecule has 2 atom stereocenters. The van der Waals surface area contributed by atoms with Crippen LogP contribution in [0.1, 0.15) is 29.0 Å². The number of carbonyl (C=O) groups excluding carboxylic acids is 1. The number of anilines is 1. The standard InChI is InChI=1S/C11H12BrNO4/c1-5(14)9(12)8-6(10(15)11(16)17)3-2-4-7(8)13/h2-4,9-10,15H,13H2,1H3,(H,16,17). The molecule has 4 N–H and O–H groups in total. The molecule has 2 unspecified atom stereocenters. The van der Waals surface area contributed by atoms with Gasteiger partial charge in [0.1, 0.15) is 10.6 Å². The zero-order valence-electron chi connectivity index (χ0n) is 9.05. The number of carboxylic acid groups (broad SMARTS) is 1. The van der Waals surface area contributed by atoms with Gasteiger partial charge in [0.15, 0.2) is 6.10 Å². The van der Waals surface area contributed by atoms with Crippen molar-refractivity contribution in [2.24, 2.45) is 0 Å². The maximum Gasteiger partial charge on any atom is 0.337 e. The number of aliphatic hydroxyl groups excluding tert-OH is 1. The third-order valence-electron chi connectivity index (χ3n) is 2.31. The number of aliphatic hydroxyl groups is 1. The Hall–Kier alpha value is -1.40. The van der Waals surface area contributed by atoms with E-state index in [9.17, 15) is 14.7 Å². The number of carboxylic acids is 1. The van der Waals surface area contributed by atoms with E-state index >= 15 is 0 Å². The summed E-state index contributed by atoms with van der Waals surface area (Å²) in [5.41, 5.74) is 6.40. The van der Waals surface area contributed by atoms with E-state index < -0.39 is 16.9 Å². The van der Waals surface area contributed by atoms with Crippen molar-refractivity contribution in [3.8, 4) is 0 Å². The highest BCUT2D eigenvalue weighted by atomic mass is 79.9. The number of rotatable bonds is 4. The number of carbonyl (C=O) groups is 2. The van der Waals surface area contributed by atoms with Crippen LogP contribution in [-0.2, 0) is 9.59 Å².